The first-order valence-electron chi connectivity index (χ1n) is 7.70. The lowest BCUT2D eigenvalue weighted by Gasteiger charge is -2.21. The van der Waals surface area contributed by atoms with Gasteiger partial charge in [0.15, 0.2) is 0 Å². The summed E-state index contributed by atoms with van der Waals surface area (Å²) in [6.07, 6.45) is 1.22. The molecule has 0 aliphatic carbocycles. The van der Waals surface area contributed by atoms with Crippen molar-refractivity contribution in [2.24, 2.45) is 5.92 Å². The van der Waals surface area contributed by atoms with E-state index in [0.29, 0.717) is 12.1 Å². The van der Waals surface area contributed by atoms with Crippen molar-refractivity contribution in [3.63, 3.8) is 0 Å². The van der Waals surface area contributed by atoms with E-state index >= 15 is 0 Å². The molecule has 1 aromatic rings. The minimum absolute atomic E-state index is 0.0787. The fraction of sp³-hybridized carbons (Fsp3) is 0.647. The molecule has 1 saturated heterocycles. The molecule has 2 atom stereocenters. The van der Waals surface area contributed by atoms with E-state index in [0.717, 1.165) is 36.7 Å². The predicted octanol–water partition coefficient (Wildman–Crippen LogP) is 3.55. The van der Waals surface area contributed by atoms with Gasteiger partial charge in [0.25, 0.3) is 0 Å². The second-order valence-electron chi connectivity index (χ2n) is 6.58. The average Bonchev–Trinajstić information content (AvgIpc) is 2.68. The molecule has 2 nitrogen and oxygen atoms in total. The molecule has 1 aliphatic rings. The minimum Gasteiger partial charge on any atom is -0.310 e. The van der Waals surface area contributed by atoms with E-state index < -0.39 is 0 Å². The Morgan fingerprint density at radius 3 is 2.70 bits per heavy atom. The predicted molar refractivity (Wildman–Crippen MR) is 82.0 cm³/mol. The molecule has 0 bridgehead atoms. The van der Waals surface area contributed by atoms with Crippen LogP contribution in [0.15, 0.2) is 18.2 Å². The maximum Gasteiger partial charge on any atom is 0.127 e. The first kappa shape index (κ1) is 15.5. The fourth-order valence-electron chi connectivity index (χ4n) is 3.01. The molecule has 3 heteroatoms. The van der Waals surface area contributed by atoms with Gasteiger partial charge in [-0.05, 0) is 30.9 Å². The number of rotatable bonds is 5. The van der Waals surface area contributed by atoms with Crippen LogP contribution in [0.3, 0.4) is 0 Å². The van der Waals surface area contributed by atoms with Crippen molar-refractivity contribution in [3.05, 3.63) is 35.1 Å². The summed E-state index contributed by atoms with van der Waals surface area (Å²) in [4.78, 5) is 2.39. The lowest BCUT2D eigenvalue weighted by molar-refractivity contribution is 0.253. The molecule has 1 aliphatic heterocycles. The van der Waals surface area contributed by atoms with Crippen LogP contribution >= 0.6 is 0 Å². The molecule has 0 amide bonds. The van der Waals surface area contributed by atoms with Crippen LogP contribution in [0.5, 0.6) is 0 Å². The molecule has 0 saturated carbocycles. The molecule has 2 rings (SSSR count). The van der Waals surface area contributed by atoms with Crippen molar-refractivity contribution >= 4 is 0 Å². The third-order valence-electron chi connectivity index (χ3n) is 4.11. The van der Waals surface area contributed by atoms with Gasteiger partial charge in [-0.3, -0.25) is 4.90 Å². The summed E-state index contributed by atoms with van der Waals surface area (Å²) >= 11 is 0. The van der Waals surface area contributed by atoms with Crippen LogP contribution in [0.25, 0.3) is 0 Å². The Morgan fingerprint density at radius 2 is 2.10 bits per heavy atom. The van der Waals surface area contributed by atoms with Crippen molar-refractivity contribution in [2.75, 3.05) is 6.54 Å². The molecule has 1 aromatic carbocycles. The quantitative estimate of drug-likeness (QED) is 0.886. The highest BCUT2D eigenvalue weighted by Crippen LogP contribution is 2.25. The maximum atomic E-state index is 14.0. The van der Waals surface area contributed by atoms with Gasteiger partial charge in [-0.25, -0.2) is 4.39 Å². The van der Waals surface area contributed by atoms with Crippen LogP contribution in [0.4, 0.5) is 4.39 Å². The van der Waals surface area contributed by atoms with Gasteiger partial charge in [0, 0.05) is 37.3 Å². The van der Waals surface area contributed by atoms with Gasteiger partial charge in [0.1, 0.15) is 5.82 Å². The van der Waals surface area contributed by atoms with Gasteiger partial charge in [-0.15, -0.1) is 0 Å². The van der Waals surface area contributed by atoms with Gasteiger partial charge >= 0.3 is 0 Å². The van der Waals surface area contributed by atoms with Crippen molar-refractivity contribution in [3.8, 4) is 0 Å². The lowest BCUT2D eigenvalue weighted by atomic mass is 10.1. The summed E-state index contributed by atoms with van der Waals surface area (Å²) in [6, 6.07) is 6.51. The Kier molecular flexibility index (Phi) is 5.17. The van der Waals surface area contributed by atoms with Crippen LogP contribution in [-0.4, -0.2) is 23.5 Å². The van der Waals surface area contributed by atoms with E-state index in [-0.39, 0.29) is 5.82 Å². The van der Waals surface area contributed by atoms with Gasteiger partial charge in [0.2, 0.25) is 0 Å². The second-order valence-corrected chi connectivity index (χ2v) is 6.58. The highest BCUT2D eigenvalue weighted by atomic mass is 19.1. The number of hydrogen-bond donors (Lipinski definition) is 1. The SMILES string of the molecule is CC1CC(C)N(Cc2cc(CNC(C)C)ccc2F)C1. The summed E-state index contributed by atoms with van der Waals surface area (Å²) in [5.41, 5.74) is 1.99. The fourth-order valence-corrected chi connectivity index (χ4v) is 3.01. The molecular formula is C17H27FN2. The zero-order valence-corrected chi connectivity index (χ0v) is 13.1. The number of nitrogens with one attached hydrogen (secondary N) is 1. The van der Waals surface area contributed by atoms with Crippen LogP contribution in [0.2, 0.25) is 0 Å². The Labute approximate surface area is 122 Å². The van der Waals surface area contributed by atoms with Crippen LogP contribution < -0.4 is 5.32 Å². The summed E-state index contributed by atoms with van der Waals surface area (Å²) in [5, 5.41) is 3.38. The minimum atomic E-state index is -0.0787. The average molecular weight is 278 g/mol. The van der Waals surface area contributed by atoms with Crippen LogP contribution in [0.1, 0.15) is 45.2 Å². The van der Waals surface area contributed by atoms with Gasteiger partial charge in [-0.2, -0.15) is 0 Å². The number of halogens is 1. The molecule has 1 fully saturated rings. The normalized spacial score (nSPS) is 23.7. The van der Waals surface area contributed by atoms with Crippen LogP contribution in [0, 0.1) is 11.7 Å². The first-order chi connectivity index (χ1) is 9.45. The van der Waals surface area contributed by atoms with Gasteiger partial charge in [-0.1, -0.05) is 32.9 Å². The first-order valence-corrected chi connectivity index (χ1v) is 7.70. The molecule has 2 unspecified atom stereocenters. The number of nitrogens with zero attached hydrogens (tertiary/aromatic N) is 1. The molecule has 20 heavy (non-hydrogen) atoms. The Morgan fingerprint density at radius 1 is 1.35 bits per heavy atom. The van der Waals surface area contributed by atoms with Gasteiger partial charge < -0.3 is 5.32 Å². The number of benzene rings is 1. The molecule has 1 heterocycles. The third-order valence-corrected chi connectivity index (χ3v) is 4.11. The zero-order valence-electron chi connectivity index (χ0n) is 13.1. The summed E-state index contributed by atoms with van der Waals surface area (Å²) < 4.78 is 14.0. The molecule has 112 valence electrons. The highest BCUT2D eigenvalue weighted by Gasteiger charge is 2.26. The largest absolute Gasteiger partial charge is 0.310 e. The maximum absolute atomic E-state index is 14.0. The molecule has 0 radical (unpaired) electrons. The smallest absolute Gasteiger partial charge is 0.127 e. The van der Waals surface area contributed by atoms with Crippen molar-refractivity contribution in [1.29, 1.82) is 0 Å². The number of hydrogen-bond acceptors (Lipinski definition) is 2. The number of likely N-dealkylation sites (tertiary alicyclic amines) is 1. The van der Waals surface area contributed by atoms with E-state index in [1.54, 1.807) is 6.07 Å². The molecule has 1 N–H and O–H groups in total. The standard InChI is InChI=1S/C17H27FN2/c1-12(2)19-9-15-5-6-17(18)16(8-15)11-20-10-13(3)7-14(20)4/h5-6,8,12-14,19H,7,9-11H2,1-4H3. The van der Waals surface area contributed by atoms with E-state index in [1.807, 2.05) is 12.1 Å². The van der Waals surface area contributed by atoms with E-state index in [2.05, 4.69) is 37.9 Å². The van der Waals surface area contributed by atoms with E-state index in [4.69, 9.17) is 0 Å². The van der Waals surface area contributed by atoms with Gasteiger partial charge in [0.05, 0.1) is 0 Å². The molecule has 0 aromatic heterocycles. The summed E-state index contributed by atoms with van der Waals surface area (Å²) in [5.74, 6) is 0.643. The Balaban J connectivity index is 2.04. The summed E-state index contributed by atoms with van der Waals surface area (Å²) in [7, 11) is 0. The second kappa shape index (κ2) is 6.68. The Hall–Kier alpha value is -0.930. The highest BCUT2D eigenvalue weighted by molar-refractivity contribution is 5.25. The lowest BCUT2D eigenvalue weighted by Crippen LogP contribution is -2.27. The summed E-state index contributed by atoms with van der Waals surface area (Å²) in [6.45, 7) is 11.4. The topological polar surface area (TPSA) is 15.3 Å². The Bertz CT molecular complexity index is 445. The monoisotopic (exact) mass is 278 g/mol. The van der Waals surface area contributed by atoms with E-state index in [1.165, 1.54) is 6.42 Å². The third kappa shape index (κ3) is 4.03. The van der Waals surface area contributed by atoms with E-state index in [9.17, 15) is 4.39 Å². The van der Waals surface area contributed by atoms with Crippen molar-refractivity contribution in [1.82, 2.24) is 10.2 Å². The van der Waals surface area contributed by atoms with Crippen LogP contribution in [-0.2, 0) is 13.1 Å². The zero-order chi connectivity index (χ0) is 14.7. The molecule has 0 spiro atoms. The molecular weight excluding hydrogens is 251 g/mol. The van der Waals surface area contributed by atoms with Crippen molar-refractivity contribution in [2.45, 2.75) is 59.3 Å². The van der Waals surface area contributed by atoms with Crippen molar-refractivity contribution < 1.29 is 4.39 Å².